The Morgan fingerprint density at radius 2 is 1.68 bits per heavy atom. The molecule has 1 amide bonds. The Labute approximate surface area is 162 Å². The van der Waals surface area contributed by atoms with E-state index in [1.165, 1.54) is 21.3 Å². The van der Waals surface area contributed by atoms with E-state index >= 15 is 0 Å². The van der Waals surface area contributed by atoms with Crippen molar-refractivity contribution in [3.05, 3.63) is 53.7 Å². The first kappa shape index (κ1) is 19.3. The zero-order valence-electron chi connectivity index (χ0n) is 16.0. The van der Waals surface area contributed by atoms with E-state index < -0.39 is 0 Å². The van der Waals surface area contributed by atoms with Gasteiger partial charge in [0.05, 0.1) is 34.3 Å². The number of rotatable bonds is 8. The van der Waals surface area contributed by atoms with E-state index in [-0.39, 0.29) is 24.7 Å². The summed E-state index contributed by atoms with van der Waals surface area (Å²) in [5.41, 5.74) is 2.13. The third-order valence-corrected chi connectivity index (χ3v) is 4.42. The van der Waals surface area contributed by atoms with E-state index in [9.17, 15) is 9.59 Å². The van der Waals surface area contributed by atoms with Crippen molar-refractivity contribution in [3.63, 3.8) is 0 Å². The molecule has 0 aliphatic carbocycles. The number of fused-ring (bicyclic) bond motifs is 1. The molecule has 0 atom stereocenters. The SMILES string of the molecule is COc1cc(CC(=O)NCC(=O)c2c[nH]c3ccccc23)cc(OC)c1OC. The van der Waals surface area contributed by atoms with Crippen molar-refractivity contribution < 1.29 is 23.8 Å². The van der Waals surface area contributed by atoms with Crippen LogP contribution < -0.4 is 19.5 Å². The maximum atomic E-state index is 12.5. The highest BCUT2D eigenvalue weighted by Crippen LogP contribution is 2.38. The van der Waals surface area contributed by atoms with Gasteiger partial charge < -0.3 is 24.5 Å². The zero-order chi connectivity index (χ0) is 20.1. The van der Waals surface area contributed by atoms with Crippen LogP contribution in [0.2, 0.25) is 0 Å². The highest BCUT2D eigenvalue weighted by atomic mass is 16.5. The molecule has 0 unspecified atom stereocenters. The van der Waals surface area contributed by atoms with Crippen LogP contribution in [0.4, 0.5) is 0 Å². The Hall–Kier alpha value is -3.48. The molecule has 7 nitrogen and oxygen atoms in total. The Morgan fingerprint density at radius 3 is 2.32 bits per heavy atom. The molecule has 0 spiro atoms. The minimum absolute atomic E-state index is 0.0783. The van der Waals surface area contributed by atoms with Crippen LogP contribution in [0.5, 0.6) is 17.2 Å². The van der Waals surface area contributed by atoms with Crippen molar-refractivity contribution in [1.29, 1.82) is 0 Å². The van der Waals surface area contributed by atoms with Crippen molar-refractivity contribution in [1.82, 2.24) is 10.3 Å². The molecule has 0 radical (unpaired) electrons. The molecular weight excluding hydrogens is 360 g/mol. The van der Waals surface area contributed by atoms with Crippen molar-refractivity contribution in [2.75, 3.05) is 27.9 Å². The van der Waals surface area contributed by atoms with Crippen LogP contribution in [-0.2, 0) is 11.2 Å². The average molecular weight is 382 g/mol. The number of benzene rings is 2. The van der Waals surface area contributed by atoms with Gasteiger partial charge in [-0.1, -0.05) is 18.2 Å². The van der Waals surface area contributed by atoms with E-state index in [0.717, 1.165) is 10.9 Å². The number of methoxy groups -OCH3 is 3. The second-order valence-electron chi connectivity index (χ2n) is 6.16. The van der Waals surface area contributed by atoms with Crippen molar-refractivity contribution in [3.8, 4) is 17.2 Å². The molecule has 28 heavy (non-hydrogen) atoms. The molecule has 1 heterocycles. The van der Waals surface area contributed by atoms with E-state index in [4.69, 9.17) is 14.2 Å². The fourth-order valence-corrected chi connectivity index (χ4v) is 3.06. The summed E-state index contributed by atoms with van der Waals surface area (Å²) in [5, 5.41) is 3.51. The number of aromatic amines is 1. The fraction of sp³-hybridized carbons (Fsp3) is 0.238. The van der Waals surface area contributed by atoms with E-state index in [1.54, 1.807) is 18.3 Å². The molecule has 146 valence electrons. The molecule has 0 aliphatic heterocycles. The molecule has 3 rings (SSSR count). The molecule has 1 aromatic heterocycles. The summed E-state index contributed by atoms with van der Waals surface area (Å²) in [5.74, 6) is 0.973. The minimum Gasteiger partial charge on any atom is -0.493 e. The summed E-state index contributed by atoms with van der Waals surface area (Å²) >= 11 is 0. The summed E-state index contributed by atoms with van der Waals surface area (Å²) in [7, 11) is 4.55. The molecule has 0 saturated carbocycles. The number of para-hydroxylation sites is 1. The molecular formula is C21H22N2O5. The van der Waals surface area contributed by atoms with Gasteiger partial charge in [0.25, 0.3) is 0 Å². The van der Waals surface area contributed by atoms with Crippen LogP contribution in [0.15, 0.2) is 42.6 Å². The maximum absolute atomic E-state index is 12.5. The monoisotopic (exact) mass is 382 g/mol. The Morgan fingerprint density at radius 1 is 1.00 bits per heavy atom. The molecule has 0 saturated heterocycles. The Bertz CT molecular complexity index is 984. The molecule has 2 N–H and O–H groups in total. The number of carbonyl (C=O) groups excluding carboxylic acids is 2. The number of ketones is 1. The van der Waals surface area contributed by atoms with Crippen molar-refractivity contribution in [2.45, 2.75) is 6.42 Å². The molecule has 7 heteroatoms. The van der Waals surface area contributed by atoms with Crippen LogP contribution >= 0.6 is 0 Å². The van der Waals surface area contributed by atoms with E-state index in [2.05, 4.69) is 10.3 Å². The standard InChI is InChI=1S/C21H22N2O5/c1-26-18-8-13(9-19(27-2)21(18)28-3)10-20(25)23-12-17(24)15-11-22-16-7-5-4-6-14(15)16/h4-9,11,22H,10,12H2,1-3H3,(H,23,25). The Kier molecular flexibility index (Phi) is 5.84. The van der Waals surface area contributed by atoms with Gasteiger partial charge >= 0.3 is 0 Å². The number of H-pyrrole nitrogens is 1. The van der Waals surface area contributed by atoms with Crippen LogP contribution in [0, 0.1) is 0 Å². The summed E-state index contributed by atoms with van der Waals surface area (Å²) in [4.78, 5) is 27.8. The van der Waals surface area contributed by atoms with Crippen LogP contribution in [0.1, 0.15) is 15.9 Å². The van der Waals surface area contributed by atoms with Crippen molar-refractivity contribution in [2.24, 2.45) is 0 Å². The minimum atomic E-state index is -0.275. The number of ether oxygens (including phenoxy) is 3. The van der Waals surface area contributed by atoms with Gasteiger partial charge in [0.1, 0.15) is 0 Å². The molecule has 3 aromatic rings. The predicted molar refractivity (Wildman–Crippen MR) is 105 cm³/mol. The topological polar surface area (TPSA) is 89.7 Å². The van der Waals surface area contributed by atoms with Gasteiger partial charge in [0, 0.05) is 22.7 Å². The third kappa shape index (κ3) is 3.93. The zero-order valence-corrected chi connectivity index (χ0v) is 16.0. The highest BCUT2D eigenvalue weighted by molar-refractivity contribution is 6.09. The molecule has 2 aromatic carbocycles. The normalized spacial score (nSPS) is 10.5. The maximum Gasteiger partial charge on any atom is 0.224 e. The van der Waals surface area contributed by atoms with Crippen LogP contribution in [-0.4, -0.2) is 44.5 Å². The van der Waals surface area contributed by atoms with E-state index in [1.807, 2.05) is 24.3 Å². The number of hydrogen-bond acceptors (Lipinski definition) is 5. The summed E-state index contributed by atoms with van der Waals surface area (Å²) in [6, 6.07) is 11.0. The van der Waals surface area contributed by atoms with Gasteiger partial charge in [0.2, 0.25) is 11.7 Å². The van der Waals surface area contributed by atoms with E-state index in [0.29, 0.717) is 28.4 Å². The third-order valence-electron chi connectivity index (χ3n) is 4.42. The molecule has 0 aliphatic rings. The lowest BCUT2D eigenvalue weighted by atomic mass is 10.1. The summed E-state index contributed by atoms with van der Waals surface area (Å²) in [6.45, 7) is -0.0783. The average Bonchev–Trinajstić information content (AvgIpc) is 3.15. The number of hydrogen-bond donors (Lipinski definition) is 2. The van der Waals surface area contributed by atoms with Gasteiger partial charge in [-0.25, -0.2) is 0 Å². The predicted octanol–water partition coefficient (Wildman–Crippen LogP) is 2.74. The summed E-state index contributed by atoms with van der Waals surface area (Å²) in [6.07, 6.45) is 1.75. The fourth-order valence-electron chi connectivity index (χ4n) is 3.06. The van der Waals surface area contributed by atoms with Crippen LogP contribution in [0.25, 0.3) is 10.9 Å². The first-order chi connectivity index (χ1) is 13.6. The van der Waals surface area contributed by atoms with Gasteiger partial charge in [-0.05, 0) is 23.8 Å². The highest BCUT2D eigenvalue weighted by Gasteiger charge is 2.16. The number of carbonyl (C=O) groups is 2. The molecule has 0 bridgehead atoms. The van der Waals surface area contributed by atoms with Gasteiger partial charge in [-0.3, -0.25) is 9.59 Å². The number of aromatic nitrogens is 1. The first-order valence-electron chi connectivity index (χ1n) is 8.72. The lowest BCUT2D eigenvalue weighted by Crippen LogP contribution is -2.30. The van der Waals surface area contributed by atoms with Crippen molar-refractivity contribution >= 4 is 22.6 Å². The number of Topliss-reactive ketones (excluding diaryl/α,β-unsaturated/α-hetero) is 1. The molecule has 0 fully saturated rings. The smallest absolute Gasteiger partial charge is 0.224 e. The van der Waals surface area contributed by atoms with Crippen LogP contribution in [0.3, 0.4) is 0 Å². The lowest BCUT2D eigenvalue weighted by Gasteiger charge is -2.14. The largest absolute Gasteiger partial charge is 0.493 e. The number of nitrogens with one attached hydrogen (secondary N) is 2. The first-order valence-corrected chi connectivity index (χ1v) is 8.72. The second kappa shape index (κ2) is 8.47. The van der Waals surface area contributed by atoms with Gasteiger partial charge in [0.15, 0.2) is 17.3 Å². The lowest BCUT2D eigenvalue weighted by molar-refractivity contribution is -0.120. The second-order valence-corrected chi connectivity index (χ2v) is 6.16. The Balaban J connectivity index is 1.66. The van der Waals surface area contributed by atoms with Gasteiger partial charge in [-0.2, -0.15) is 0 Å². The number of amides is 1. The van der Waals surface area contributed by atoms with Gasteiger partial charge in [-0.15, -0.1) is 0 Å². The summed E-state index contributed by atoms with van der Waals surface area (Å²) < 4.78 is 15.9. The quantitative estimate of drug-likeness (QED) is 0.585.